The molecule has 0 aliphatic carbocycles. The van der Waals surface area contributed by atoms with E-state index in [0.717, 1.165) is 0 Å². The summed E-state index contributed by atoms with van der Waals surface area (Å²) >= 11 is 1.38. The second kappa shape index (κ2) is 4.02. The van der Waals surface area contributed by atoms with Crippen LogP contribution < -0.4 is 4.74 Å². The maximum Gasteiger partial charge on any atom is 0.345 e. The van der Waals surface area contributed by atoms with E-state index in [1.165, 1.54) is 17.5 Å². The van der Waals surface area contributed by atoms with Gasteiger partial charge >= 0.3 is 5.97 Å². The number of esters is 1. The molecular formula is C10H7NO2S. The monoisotopic (exact) mass is 205 g/mol. The fraction of sp³-hybridized carbons (Fsp3) is 0. The average molecular weight is 205 g/mol. The van der Waals surface area contributed by atoms with Gasteiger partial charge in [0.05, 0.1) is 5.56 Å². The molecule has 0 atom stereocenters. The summed E-state index contributed by atoms with van der Waals surface area (Å²) in [4.78, 5) is 15.3. The number of carbonyl (C=O) groups excluding carboxylic acids is 1. The molecule has 0 saturated heterocycles. The van der Waals surface area contributed by atoms with Crippen molar-refractivity contribution in [1.82, 2.24) is 4.98 Å². The van der Waals surface area contributed by atoms with Gasteiger partial charge in [0.1, 0.15) is 0 Å². The highest BCUT2D eigenvalue weighted by molar-refractivity contribution is 7.11. The Morgan fingerprint density at radius 1 is 1.36 bits per heavy atom. The highest BCUT2D eigenvalue weighted by Gasteiger charge is 2.07. The fourth-order valence-electron chi connectivity index (χ4n) is 0.955. The van der Waals surface area contributed by atoms with Crippen LogP contribution in [0.15, 0.2) is 42.0 Å². The van der Waals surface area contributed by atoms with Crippen molar-refractivity contribution in [2.45, 2.75) is 0 Å². The molecule has 0 amide bonds. The van der Waals surface area contributed by atoms with Gasteiger partial charge in [-0.15, -0.1) is 11.3 Å². The summed E-state index contributed by atoms with van der Waals surface area (Å²) in [5.74, 6) is -0.374. The van der Waals surface area contributed by atoms with Gasteiger partial charge in [0.2, 0.25) is 0 Å². The molecule has 0 bridgehead atoms. The lowest BCUT2D eigenvalue weighted by Gasteiger charge is -1.99. The summed E-state index contributed by atoms with van der Waals surface area (Å²) in [5.41, 5.74) is 0.459. The molecule has 0 spiro atoms. The highest BCUT2D eigenvalue weighted by Crippen LogP contribution is 2.19. The predicted molar refractivity (Wildman–Crippen MR) is 53.5 cm³/mol. The van der Waals surface area contributed by atoms with Gasteiger partial charge in [0.25, 0.3) is 0 Å². The summed E-state index contributed by atoms with van der Waals surface area (Å²) in [7, 11) is 0. The van der Waals surface area contributed by atoms with E-state index in [0.29, 0.717) is 10.6 Å². The number of pyridine rings is 1. The van der Waals surface area contributed by atoms with E-state index in [1.54, 1.807) is 24.4 Å². The maximum absolute atomic E-state index is 11.5. The Hall–Kier alpha value is -1.68. The standard InChI is InChI=1S/C10H7NO2S/c12-10(8-3-1-5-11-7-8)13-9-4-2-6-14-9/h1-7H. The third-order valence-corrected chi connectivity index (χ3v) is 2.33. The normalized spacial score (nSPS) is 9.71. The van der Waals surface area contributed by atoms with Crippen molar-refractivity contribution in [3.63, 3.8) is 0 Å². The Morgan fingerprint density at radius 3 is 2.93 bits per heavy atom. The Balaban J connectivity index is 2.11. The van der Waals surface area contributed by atoms with Gasteiger partial charge in [-0.3, -0.25) is 4.98 Å². The zero-order valence-corrected chi connectivity index (χ0v) is 8.03. The Bertz CT molecular complexity index is 411. The number of hydrogen-bond donors (Lipinski definition) is 0. The van der Waals surface area contributed by atoms with E-state index in [1.807, 2.05) is 11.4 Å². The van der Waals surface area contributed by atoms with E-state index < -0.39 is 0 Å². The fourth-order valence-corrected chi connectivity index (χ4v) is 1.53. The first-order chi connectivity index (χ1) is 6.86. The Morgan fingerprint density at radius 2 is 2.29 bits per heavy atom. The number of rotatable bonds is 2. The van der Waals surface area contributed by atoms with Crippen LogP contribution >= 0.6 is 11.3 Å². The second-order valence-corrected chi connectivity index (χ2v) is 3.47. The third-order valence-electron chi connectivity index (χ3n) is 1.59. The first-order valence-corrected chi connectivity index (χ1v) is 4.90. The molecule has 3 nitrogen and oxygen atoms in total. The molecular weight excluding hydrogens is 198 g/mol. The minimum atomic E-state index is -0.374. The maximum atomic E-state index is 11.5. The van der Waals surface area contributed by atoms with E-state index in [9.17, 15) is 4.79 Å². The first-order valence-electron chi connectivity index (χ1n) is 4.02. The predicted octanol–water partition coefficient (Wildman–Crippen LogP) is 2.36. The van der Waals surface area contributed by atoms with Crippen LogP contribution in [-0.4, -0.2) is 11.0 Å². The van der Waals surface area contributed by atoms with Crippen LogP contribution in [-0.2, 0) is 0 Å². The number of aromatic nitrogens is 1. The summed E-state index contributed by atoms with van der Waals surface area (Å²) in [6.45, 7) is 0. The molecule has 0 aromatic carbocycles. The Kier molecular flexibility index (Phi) is 2.55. The van der Waals surface area contributed by atoms with Gasteiger partial charge in [-0.25, -0.2) is 4.79 Å². The Labute approximate surface area is 85.0 Å². The first kappa shape index (κ1) is 8.90. The highest BCUT2D eigenvalue weighted by atomic mass is 32.1. The van der Waals surface area contributed by atoms with Crippen LogP contribution in [0.5, 0.6) is 5.06 Å². The van der Waals surface area contributed by atoms with Crippen molar-refractivity contribution in [2.75, 3.05) is 0 Å². The van der Waals surface area contributed by atoms with E-state index in [-0.39, 0.29) is 5.97 Å². The van der Waals surface area contributed by atoms with Gasteiger partial charge in [-0.1, -0.05) is 0 Å². The van der Waals surface area contributed by atoms with Crippen molar-refractivity contribution < 1.29 is 9.53 Å². The van der Waals surface area contributed by atoms with Crippen LogP contribution in [0.3, 0.4) is 0 Å². The van der Waals surface area contributed by atoms with Crippen molar-refractivity contribution in [3.8, 4) is 5.06 Å². The molecule has 0 N–H and O–H groups in total. The van der Waals surface area contributed by atoms with Crippen LogP contribution in [0.2, 0.25) is 0 Å². The summed E-state index contributed by atoms with van der Waals surface area (Å²) in [6, 6.07) is 6.95. The molecule has 0 fully saturated rings. The zero-order valence-electron chi connectivity index (χ0n) is 7.21. The molecule has 14 heavy (non-hydrogen) atoms. The molecule has 2 aromatic rings. The third kappa shape index (κ3) is 1.97. The molecule has 0 radical (unpaired) electrons. The van der Waals surface area contributed by atoms with Crippen molar-refractivity contribution in [3.05, 3.63) is 47.6 Å². The van der Waals surface area contributed by atoms with Gasteiger partial charge in [-0.2, -0.15) is 0 Å². The number of ether oxygens (including phenoxy) is 1. The zero-order chi connectivity index (χ0) is 9.80. The van der Waals surface area contributed by atoms with E-state index in [2.05, 4.69) is 4.98 Å². The smallest absolute Gasteiger partial charge is 0.345 e. The largest absolute Gasteiger partial charge is 0.412 e. The molecule has 0 saturated carbocycles. The lowest BCUT2D eigenvalue weighted by Crippen LogP contribution is -2.07. The van der Waals surface area contributed by atoms with Crippen LogP contribution in [0.1, 0.15) is 10.4 Å². The summed E-state index contributed by atoms with van der Waals surface area (Å²) in [5, 5.41) is 2.45. The average Bonchev–Trinajstić information content (AvgIpc) is 2.72. The molecule has 2 rings (SSSR count). The lowest BCUT2D eigenvalue weighted by molar-refractivity contribution is 0.0740. The van der Waals surface area contributed by atoms with E-state index >= 15 is 0 Å². The molecule has 70 valence electrons. The number of nitrogens with zero attached hydrogens (tertiary/aromatic N) is 1. The summed E-state index contributed by atoms with van der Waals surface area (Å²) < 4.78 is 5.08. The molecule has 2 aromatic heterocycles. The molecule has 2 heterocycles. The van der Waals surface area contributed by atoms with E-state index in [4.69, 9.17) is 4.74 Å². The van der Waals surface area contributed by atoms with Gasteiger partial charge < -0.3 is 4.74 Å². The minimum absolute atomic E-state index is 0.374. The SMILES string of the molecule is O=C(Oc1cccs1)c1cccnc1. The quantitative estimate of drug-likeness (QED) is 0.706. The van der Waals surface area contributed by atoms with Gasteiger partial charge in [0.15, 0.2) is 5.06 Å². The van der Waals surface area contributed by atoms with Gasteiger partial charge in [-0.05, 0) is 29.6 Å². The number of thiophene rings is 1. The number of carbonyl (C=O) groups is 1. The van der Waals surface area contributed by atoms with Crippen LogP contribution in [0, 0.1) is 0 Å². The second-order valence-electron chi connectivity index (χ2n) is 2.56. The molecule has 0 aliphatic heterocycles. The minimum Gasteiger partial charge on any atom is -0.412 e. The molecule has 4 heteroatoms. The topological polar surface area (TPSA) is 39.2 Å². The lowest BCUT2D eigenvalue weighted by atomic mass is 10.3. The molecule has 0 aliphatic rings. The van der Waals surface area contributed by atoms with Crippen LogP contribution in [0.4, 0.5) is 0 Å². The van der Waals surface area contributed by atoms with Crippen molar-refractivity contribution in [1.29, 1.82) is 0 Å². The van der Waals surface area contributed by atoms with Crippen molar-refractivity contribution in [2.24, 2.45) is 0 Å². The van der Waals surface area contributed by atoms with Gasteiger partial charge in [0, 0.05) is 12.4 Å². The molecule has 0 unspecified atom stereocenters. The number of hydrogen-bond acceptors (Lipinski definition) is 4. The van der Waals surface area contributed by atoms with Crippen LogP contribution in [0.25, 0.3) is 0 Å². The van der Waals surface area contributed by atoms with Crippen molar-refractivity contribution >= 4 is 17.3 Å². The summed E-state index contributed by atoms with van der Waals surface area (Å²) in [6.07, 6.45) is 3.10.